The first-order valence-electron chi connectivity index (χ1n) is 28.8. The van der Waals surface area contributed by atoms with E-state index in [1.807, 2.05) is 0 Å². The summed E-state index contributed by atoms with van der Waals surface area (Å²) in [6, 6.07) is 0. The third-order valence-electron chi connectivity index (χ3n) is 18.1. The monoisotopic (exact) mass is 907 g/mol. The lowest BCUT2D eigenvalue weighted by Crippen LogP contribution is -2.51. The molecule has 5 aliphatic rings. The van der Waals surface area contributed by atoms with Gasteiger partial charge in [-0.25, -0.2) is 4.79 Å². The second-order valence-corrected chi connectivity index (χ2v) is 23.5. The summed E-state index contributed by atoms with van der Waals surface area (Å²) in [6.45, 7) is 23.2. The van der Waals surface area contributed by atoms with Gasteiger partial charge in [0.25, 0.3) is 0 Å². The van der Waals surface area contributed by atoms with Crippen molar-refractivity contribution in [2.24, 2.45) is 52.3 Å². The van der Waals surface area contributed by atoms with Crippen molar-refractivity contribution in [3.05, 3.63) is 23.8 Å². The fourth-order valence-electron chi connectivity index (χ4n) is 14.3. The van der Waals surface area contributed by atoms with E-state index in [1.54, 1.807) is 5.57 Å². The lowest BCUT2D eigenvalue weighted by atomic mass is 9.47. The number of hydrogen-bond acceptors (Lipinski definition) is 5. The van der Waals surface area contributed by atoms with Crippen LogP contribution in [0.25, 0.3) is 0 Å². The molecular formula is C59H106N2O4. The summed E-state index contributed by atoms with van der Waals surface area (Å²) in [5.41, 5.74) is 2.39. The molecule has 3 saturated carbocycles. The third-order valence-corrected chi connectivity index (χ3v) is 18.1. The normalized spacial score (nSPS) is 30.0. The molecule has 0 aromatic rings. The topological polar surface area (TPSA) is 60.0 Å². The minimum absolute atomic E-state index is 0.0103. The molecule has 10 atom stereocenters. The van der Waals surface area contributed by atoms with E-state index in [9.17, 15) is 4.79 Å². The summed E-state index contributed by atoms with van der Waals surface area (Å²) in [5.74, 6) is 5.91. The molecule has 1 saturated heterocycles. The fourth-order valence-corrected chi connectivity index (χ4v) is 14.3. The summed E-state index contributed by atoms with van der Waals surface area (Å²) in [7, 11) is 0. The number of nitrogens with zero attached hydrogens (tertiary/aromatic N) is 1. The Kier molecular flexibility index (Phi) is 24.9. The lowest BCUT2D eigenvalue weighted by Gasteiger charge is -2.58. The van der Waals surface area contributed by atoms with Crippen molar-refractivity contribution in [2.75, 3.05) is 46.0 Å². The molecule has 0 aromatic carbocycles. The highest BCUT2D eigenvalue weighted by Crippen LogP contribution is 2.67. The molecule has 0 radical (unpaired) electrons. The van der Waals surface area contributed by atoms with Crippen molar-refractivity contribution in [3.8, 4) is 0 Å². The van der Waals surface area contributed by atoms with Crippen LogP contribution in [0.15, 0.2) is 23.8 Å². The zero-order valence-corrected chi connectivity index (χ0v) is 44.0. The molecule has 4 fully saturated rings. The maximum atomic E-state index is 13.1. The number of unbranched alkanes of at least 4 members (excludes halogenated alkanes) is 12. The predicted molar refractivity (Wildman–Crippen MR) is 275 cm³/mol. The minimum atomic E-state index is -0.254. The van der Waals surface area contributed by atoms with E-state index < -0.39 is 0 Å². The molecule has 5 unspecified atom stereocenters. The van der Waals surface area contributed by atoms with Crippen LogP contribution in [0.2, 0.25) is 0 Å². The average molecular weight is 908 g/mol. The van der Waals surface area contributed by atoms with Gasteiger partial charge in [-0.15, -0.1) is 0 Å². The standard InChI is InChI=1S/C59H106N2O4/c1-8-10-11-12-13-14-15-16-17-18-19-20-21-22-23-24-41-63-46-52(45-61-40-36-49(44-61)27-9-2)64-42-26-39-60-57(62)65-51-34-37-58(6)50(43-51)30-31-53-55-33-32-54(48(5)29-25-28-47(3)4)59(55,7)38-35-56(53)58/h16-17,30,47-49,51-56H,8-15,18-29,31-46H2,1-7H3,(H,60,62)/b17-16-/t48-,49?,51+,52?,53?,54-,55?,56?,58+,59-/m1/s1. The number of amides is 1. The number of hydrogen-bond donors (Lipinski definition) is 1. The molecule has 1 amide bonds. The second kappa shape index (κ2) is 29.6. The van der Waals surface area contributed by atoms with Gasteiger partial charge >= 0.3 is 6.09 Å². The highest BCUT2D eigenvalue weighted by Gasteiger charge is 2.59. The number of alkyl carbamates (subject to hydrolysis) is 1. The first kappa shape index (κ1) is 54.6. The maximum Gasteiger partial charge on any atom is 0.407 e. The number of ether oxygens (including phenoxy) is 3. The van der Waals surface area contributed by atoms with E-state index in [2.05, 4.69) is 76.9 Å². The van der Waals surface area contributed by atoms with Gasteiger partial charge in [0.1, 0.15) is 6.10 Å². The number of rotatable bonds is 33. The van der Waals surface area contributed by atoms with Gasteiger partial charge in [0.2, 0.25) is 0 Å². The summed E-state index contributed by atoms with van der Waals surface area (Å²) in [5, 5.41) is 3.08. The van der Waals surface area contributed by atoms with E-state index in [4.69, 9.17) is 14.2 Å². The van der Waals surface area contributed by atoms with E-state index in [0.29, 0.717) is 25.2 Å². The minimum Gasteiger partial charge on any atom is -0.446 e. The van der Waals surface area contributed by atoms with Crippen molar-refractivity contribution >= 4 is 6.09 Å². The predicted octanol–water partition coefficient (Wildman–Crippen LogP) is 16.1. The van der Waals surface area contributed by atoms with Crippen molar-refractivity contribution in [1.82, 2.24) is 10.2 Å². The van der Waals surface area contributed by atoms with Crippen molar-refractivity contribution in [1.29, 1.82) is 0 Å². The SMILES string of the molecule is CCCCCCCC/C=C\CCCCCCCCOCC(CN1CCC(CCC)C1)OCCCNC(=O)O[C@H]1CC[C@@]2(C)C(=CCC3C2CC[C@@]2(C)C3CC[C@@H]2[C@H](C)CCCC(C)C)C1. The van der Waals surface area contributed by atoms with Crippen LogP contribution in [0, 0.1) is 52.3 Å². The number of carbonyl (C=O) groups excluding carboxylic acids is 1. The molecule has 1 N–H and O–H groups in total. The van der Waals surface area contributed by atoms with Crippen LogP contribution in [0.4, 0.5) is 4.79 Å². The molecule has 0 spiro atoms. The number of nitrogens with one attached hydrogen (secondary N) is 1. The maximum absolute atomic E-state index is 13.1. The molecule has 0 aromatic heterocycles. The van der Waals surface area contributed by atoms with Crippen LogP contribution < -0.4 is 5.32 Å². The Bertz CT molecular complexity index is 1360. The summed E-state index contributed by atoms with van der Waals surface area (Å²) < 4.78 is 18.9. The zero-order chi connectivity index (χ0) is 46.3. The van der Waals surface area contributed by atoms with Crippen LogP contribution in [-0.4, -0.2) is 69.2 Å². The van der Waals surface area contributed by atoms with Crippen molar-refractivity contribution < 1.29 is 19.0 Å². The Hall–Kier alpha value is -1.37. The van der Waals surface area contributed by atoms with Crippen LogP contribution in [0.1, 0.15) is 235 Å². The Morgan fingerprint density at radius 1 is 0.800 bits per heavy atom. The number of carbonyl (C=O) groups is 1. The molecule has 4 aliphatic carbocycles. The summed E-state index contributed by atoms with van der Waals surface area (Å²) in [6.07, 6.45) is 44.7. The van der Waals surface area contributed by atoms with E-state index >= 15 is 0 Å². The number of likely N-dealkylation sites (tertiary alicyclic amines) is 1. The molecule has 6 nitrogen and oxygen atoms in total. The van der Waals surface area contributed by atoms with Gasteiger partial charge in [0.15, 0.2) is 0 Å². The molecule has 65 heavy (non-hydrogen) atoms. The molecule has 1 heterocycles. The van der Waals surface area contributed by atoms with Gasteiger partial charge in [-0.05, 0) is 155 Å². The fraction of sp³-hybridized carbons (Fsp3) is 0.915. The molecule has 6 heteroatoms. The smallest absolute Gasteiger partial charge is 0.407 e. The van der Waals surface area contributed by atoms with Crippen LogP contribution in [-0.2, 0) is 14.2 Å². The van der Waals surface area contributed by atoms with Crippen LogP contribution in [0.5, 0.6) is 0 Å². The van der Waals surface area contributed by atoms with Crippen LogP contribution >= 0.6 is 0 Å². The van der Waals surface area contributed by atoms with Gasteiger partial charge in [-0.3, -0.25) is 0 Å². The van der Waals surface area contributed by atoms with E-state index in [-0.39, 0.29) is 23.7 Å². The Morgan fingerprint density at radius 3 is 2.28 bits per heavy atom. The molecule has 1 aliphatic heterocycles. The first-order valence-corrected chi connectivity index (χ1v) is 28.8. The van der Waals surface area contributed by atoms with Gasteiger partial charge in [-0.2, -0.15) is 0 Å². The Balaban J connectivity index is 0.946. The average Bonchev–Trinajstić information content (AvgIpc) is 3.89. The lowest BCUT2D eigenvalue weighted by molar-refractivity contribution is -0.0581. The van der Waals surface area contributed by atoms with E-state index in [1.165, 1.54) is 167 Å². The molecule has 0 bridgehead atoms. The molecule has 5 rings (SSSR count). The number of fused-ring (bicyclic) bond motifs is 5. The Labute approximate surface area is 402 Å². The summed E-state index contributed by atoms with van der Waals surface area (Å²) in [4.78, 5) is 15.7. The van der Waals surface area contributed by atoms with E-state index in [0.717, 1.165) is 86.7 Å². The molecular weight excluding hydrogens is 801 g/mol. The quantitative estimate of drug-likeness (QED) is 0.0525. The van der Waals surface area contributed by atoms with Crippen molar-refractivity contribution in [3.63, 3.8) is 0 Å². The highest BCUT2D eigenvalue weighted by molar-refractivity contribution is 5.67. The first-order chi connectivity index (χ1) is 31.6. The largest absolute Gasteiger partial charge is 0.446 e. The van der Waals surface area contributed by atoms with Crippen molar-refractivity contribution in [2.45, 2.75) is 247 Å². The third kappa shape index (κ3) is 17.5. The Morgan fingerprint density at radius 2 is 1.54 bits per heavy atom. The highest BCUT2D eigenvalue weighted by atomic mass is 16.6. The molecule has 376 valence electrons. The number of allylic oxidation sites excluding steroid dienone is 3. The van der Waals surface area contributed by atoms with Gasteiger partial charge in [-0.1, -0.05) is 156 Å². The summed E-state index contributed by atoms with van der Waals surface area (Å²) >= 11 is 0. The zero-order valence-electron chi connectivity index (χ0n) is 44.0. The van der Waals surface area contributed by atoms with Crippen LogP contribution in [0.3, 0.4) is 0 Å². The van der Waals surface area contributed by atoms with Gasteiger partial charge in [0.05, 0.1) is 12.7 Å². The van der Waals surface area contributed by atoms with Gasteiger partial charge in [0, 0.05) is 39.3 Å². The second-order valence-electron chi connectivity index (χ2n) is 23.5. The van der Waals surface area contributed by atoms with Gasteiger partial charge < -0.3 is 24.4 Å².